The van der Waals surface area contributed by atoms with Crippen LogP contribution >= 0.6 is 50.1 Å². The summed E-state index contributed by atoms with van der Waals surface area (Å²) in [7, 11) is 0. The highest BCUT2D eigenvalue weighted by molar-refractivity contribution is 7.84. The average Bonchev–Trinajstić information content (AvgIpc) is 2.54. The Hall–Kier alpha value is -0.0400. The highest BCUT2D eigenvalue weighted by Crippen LogP contribution is 2.35. The fraction of sp³-hybridized carbons (Fsp3) is 0.125. The van der Waals surface area contributed by atoms with Gasteiger partial charge in [0, 0.05) is 14.7 Å². The van der Waals surface area contributed by atoms with Crippen molar-refractivity contribution in [3.8, 4) is 0 Å². The van der Waals surface area contributed by atoms with Crippen molar-refractivity contribution in [2.45, 2.75) is 21.6 Å². The highest BCUT2D eigenvalue weighted by atomic mass is 32.1. The molecule has 0 unspecified atom stereocenters. The van der Waals surface area contributed by atoms with Gasteiger partial charge in [0.2, 0.25) is 0 Å². The van der Waals surface area contributed by atoms with Crippen LogP contribution in [-0.4, -0.2) is 10.2 Å². The molecular formula is C8H8N2S4. The van der Waals surface area contributed by atoms with E-state index in [1.165, 1.54) is 0 Å². The molecule has 0 saturated heterocycles. The molecule has 0 spiro atoms. The normalized spacial score (nSPS) is 11.1. The number of hydrogen-bond donors (Lipinski definition) is 5. The van der Waals surface area contributed by atoms with Crippen molar-refractivity contribution in [1.82, 2.24) is 10.2 Å². The molecule has 14 heavy (non-hydrogen) atoms. The zero-order chi connectivity index (χ0) is 10.5. The second kappa shape index (κ2) is 3.52. The number of nitrogens with one attached hydrogen (secondary N) is 2. The summed E-state index contributed by atoms with van der Waals surface area (Å²) in [5, 5.41) is 6.73. The van der Waals surface area contributed by atoms with Crippen LogP contribution in [0.15, 0.2) is 14.7 Å². The number of benzene rings is 1. The maximum atomic E-state index is 5.13. The van der Waals surface area contributed by atoms with Crippen LogP contribution in [0.25, 0.3) is 10.9 Å². The van der Waals surface area contributed by atoms with Gasteiger partial charge in [0.25, 0.3) is 0 Å². The van der Waals surface area contributed by atoms with E-state index < -0.39 is 0 Å². The summed E-state index contributed by atoms with van der Waals surface area (Å²) in [4.78, 5) is 2.47. The van der Waals surface area contributed by atoms with E-state index in [0.717, 1.165) is 31.2 Å². The summed E-state index contributed by atoms with van der Waals surface area (Å²) in [6.07, 6.45) is 0. The first-order valence-electron chi connectivity index (χ1n) is 3.87. The van der Waals surface area contributed by atoms with Crippen molar-refractivity contribution in [2.24, 2.45) is 0 Å². The molecule has 2 nitrogen and oxygen atoms in total. The zero-order valence-corrected chi connectivity index (χ0v) is 10.7. The summed E-state index contributed by atoms with van der Waals surface area (Å²) in [6, 6.07) is 0. The first-order valence-corrected chi connectivity index (χ1v) is 5.62. The molecule has 1 aromatic carbocycles. The van der Waals surface area contributed by atoms with Gasteiger partial charge in [-0.15, -0.1) is 37.9 Å². The standard InChI is InChI=1S/C8H8N2S4/c1-2-5(11)4-3(7(13)6(2)12)8(14)10-9-4/h11-13H,1H3,(H2,9,10,14). The predicted molar refractivity (Wildman–Crippen MR) is 70.0 cm³/mol. The molecule has 1 aromatic heterocycles. The van der Waals surface area contributed by atoms with Crippen molar-refractivity contribution in [1.29, 1.82) is 0 Å². The van der Waals surface area contributed by atoms with E-state index in [-0.39, 0.29) is 0 Å². The molecule has 6 heteroatoms. The van der Waals surface area contributed by atoms with Crippen LogP contribution in [-0.2, 0) is 0 Å². The van der Waals surface area contributed by atoms with Crippen LogP contribution in [0.2, 0.25) is 0 Å². The quantitative estimate of drug-likeness (QED) is 0.365. The summed E-state index contributed by atoms with van der Waals surface area (Å²) in [5.74, 6) is 0. The Bertz CT molecular complexity index is 567. The number of H-pyrrole nitrogens is 2. The molecule has 74 valence electrons. The van der Waals surface area contributed by atoms with Crippen molar-refractivity contribution >= 4 is 61.0 Å². The molecule has 0 saturated carbocycles. The van der Waals surface area contributed by atoms with Crippen LogP contribution in [0, 0.1) is 11.6 Å². The molecule has 1 heterocycles. The third kappa shape index (κ3) is 1.32. The molecule has 2 rings (SSSR count). The largest absolute Gasteiger partial charge is 0.298 e. The van der Waals surface area contributed by atoms with Gasteiger partial charge in [-0.3, -0.25) is 10.2 Å². The summed E-state index contributed by atoms with van der Waals surface area (Å²) >= 11 is 18.3. The topological polar surface area (TPSA) is 31.6 Å². The Morgan fingerprint density at radius 1 is 1.00 bits per heavy atom. The molecule has 0 amide bonds. The number of aromatic amines is 2. The molecule has 2 aromatic rings. The van der Waals surface area contributed by atoms with E-state index in [4.69, 9.17) is 12.2 Å². The van der Waals surface area contributed by atoms with Crippen LogP contribution in [0.3, 0.4) is 0 Å². The van der Waals surface area contributed by atoms with E-state index in [9.17, 15) is 0 Å². The van der Waals surface area contributed by atoms with E-state index in [2.05, 4.69) is 48.1 Å². The van der Waals surface area contributed by atoms with Gasteiger partial charge in [-0.25, -0.2) is 0 Å². The Kier molecular flexibility index (Phi) is 2.63. The van der Waals surface area contributed by atoms with Crippen molar-refractivity contribution in [2.75, 3.05) is 0 Å². The van der Waals surface area contributed by atoms with Crippen LogP contribution in [0.1, 0.15) is 5.56 Å². The molecule has 0 atom stereocenters. The van der Waals surface area contributed by atoms with Gasteiger partial charge < -0.3 is 0 Å². The van der Waals surface area contributed by atoms with Crippen molar-refractivity contribution in [3.05, 3.63) is 10.2 Å². The maximum absolute atomic E-state index is 5.13. The Morgan fingerprint density at radius 3 is 2.29 bits per heavy atom. The van der Waals surface area contributed by atoms with Crippen molar-refractivity contribution in [3.63, 3.8) is 0 Å². The average molecular weight is 260 g/mol. The Labute approximate surface area is 103 Å². The molecule has 0 aliphatic rings. The van der Waals surface area contributed by atoms with Crippen molar-refractivity contribution < 1.29 is 0 Å². The summed E-state index contributed by atoms with van der Waals surface area (Å²) in [6.45, 7) is 1.95. The molecule has 0 radical (unpaired) electrons. The van der Waals surface area contributed by atoms with E-state index in [0.29, 0.717) is 4.64 Å². The third-order valence-corrected chi connectivity index (χ3v) is 4.23. The molecule has 2 N–H and O–H groups in total. The van der Waals surface area contributed by atoms with E-state index in [1.54, 1.807) is 0 Å². The minimum atomic E-state index is 0.635. The van der Waals surface area contributed by atoms with Gasteiger partial charge in [-0.1, -0.05) is 12.2 Å². The van der Waals surface area contributed by atoms with E-state index in [1.807, 2.05) is 6.92 Å². The Morgan fingerprint density at radius 2 is 1.64 bits per heavy atom. The SMILES string of the molecule is Cc1c(S)c(S)c2c(=S)[nH][nH]c2c1S. The lowest BCUT2D eigenvalue weighted by Crippen LogP contribution is -1.85. The third-order valence-electron chi connectivity index (χ3n) is 2.19. The number of fused-ring (bicyclic) bond motifs is 1. The summed E-state index contributed by atoms with van der Waals surface area (Å²) in [5.41, 5.74) is 1.89. The molecule has 0 bridgehead atoms. The molecule has 0 aliphatic carbocycles. The monoisotopic (exact) mass is 260 g/mol. The second-order valence-corrected chi connectivity index (χ2v) is 4.75. The van der Waals surface area contributed by atoms with Gasteiger partial charge in [0.15, 0.2) is 0 Å². The molecule has 0 fully saturated rings. The van der Waals surface area contributed by atoms with Gasteiger partial charge in [-0.2, -0.15) is 0 Å². The second-order valence-electron chi connectivity index (χ2n) is 3.00. The smallest absolute Gasteiger partial charge is 0.128 e. The van der Waals surface area contributed by atoms with Gasteiger partial charge in [0.1, 0.15) is 4.64 Å². The lowest BCUT2D eigenvalue weighted by molar-refractivity contribution is 1.09. The number of hydrogen-bond acceptors (Lipinski definition) is 4. The van der Waals surface area contributed by atoms with Gasteiger partial charge in [-0.05, 0) is 12.5 Å². The first-order chi connectivity index (χ1) is 6.54. The lowest BCUT2D eigenvalue weighted by Gasteiger charge is -2.07. The fourth-order valence-corrected chi connectivity index (χ4v) is 2.67. The van der Waals surface area contributed by atoms with Gasteiger partial charge in [0.05, 0.1) is 10.9 Å². The van der Waals surface area contributed by atoms with E-state index >= 15 is 0 Å². The van der Waals surface area contributed by atoms with Crippen LogP contribution in [0.4, 0.5) is 0 Å². The summed E-state index contributed by atoms with van der Waals surface area (Å²) < 4.78 is 0.635. The lowest BCUT2D eigenvalue weighted by atomic mass is 10.2. The maximum Gasteiger partial charge on any atom is 0.128 e. The number of thiol groups is 3. The minimum absolute atomic E-state index is 0.635. The molecule has 0 aliphatic heterocycles. The highest BCUT2D eigenvalue weighted by Gasteiger charge is 2.12. The number of rotatable bonds is 0. The van der Waals surface area contributed by atoms with Gasteiger partial charge >= 0.3 is 0 Å². The minimum Gasteiger partial charge on any atom is -0.298 e. The number of aromatic nitrogens is 2. The molecular weight excluding hydrogens is 252 g/mol. The Balaban J connectivity index is 3.13. The first kappa shape index (κ1) is 10.5. The fourth-order valence-electron chi connectivity index (χ4n) is 1.36. The van der Waals surface area contributed by atoms with Crippen LogP contribution < -0.4 is 0 Å². The predicted octanol–water partition coefficient (Wildman–Crippen LogP) is 3.40. The zero-order valence-electron chi connectivity index (χ0n) is 7.25. The van der Waals surface area contributed by atoms with Crippen LogP contribution in [0.5, 0.6) is 0 Å².